The van der Waals surface area contributed by atoms with E-state index in [1.165, 1.54) is 0 Å². The summed E-state index contributed by atoms with van der Waals surface area (Å²) in [5.41, 5.74) is 3.73. The minimum absolute atomic E-state index is 0.0279. The molecule has 35 heavy (non-hydrogen) atoms. The largest absolute Gasteiger partial charge is 0.489 e. The molecule has 2 N–H and O–H groups in total. The van der Waals surface area contributed by atoms with Crippen molar-refractivity contribution in [3.05, 3.63) is 100 Å². The predicted octanol–water partition coefficient (Wildman–Crippen LogP) is 4.15. The van der Waals surface area contributed by atoms with Gasteiger partial charge < -0.3 is 19.4 Å². The number of nitrogens with one attached hydrogen (secondary N) is 1. The smallest absolute Gasteiger partial charge is 0.325 e. The molecule has 2 aromatic heterocycles. The summed E-state index contributed by atoms with van der Waals surface area (Å²) in [7, 11) is 0. The van der Waals surface area contributed by atoms with Crippen molar-refractivity contribution < 1.29 is 14.6 Å². The van der Waals surface area contributed by atoms with Crippen molar-refractivity contribution in [1.29, 1.82) is 0 Å². The first kappa shape index (κ1) is 21.7. The van der Waals surface area contributed by atoms with Crippen molar-refractivity contribution in [3.63, 3.8) is 0 Å². The number of ether oxygens (including phenoxy) is 1. The molecule has 0 radical (unpaired) electrons. The highest BCUT2D eigenvalue weighted by atomic mass is 16.5. The van der Waals surface area contributed by atoms with Gasteiger partial charge in [0.15, 0.2) is 0 Å². The van der Waals surface area contributed by atoms with Crippen molar-refractivity contribution in [2.75, 3.05) is 13.1 Å². The second kappa shape index (κ2) is 8.74. The van der Waals surface area contributed by atoms with Crippen LogP contribution in [0.5, 0.6) is 5.75 Å². The van der Waals surface area contributed by atoms with E-state index < -0.39 is 12.0 Å². The predicted molar refractivity (Wildman–Crippen MR) is 133 cm³/mol. The molecule has 2 aromatic carbocycles. The average molecular weight is 470 g/mol. The van der Waals surface area contributed by atoms with Crippen LogP contribution in [0.2, 0.25) is 0 Å². The van der Waals surface area contributed by atoms with Crippen LogP contribution in [0.1, 0.15) is 35.2 Å². The third-order valence-corrected chi connectivity index (χ3v) is 7.34. The Labute approximate surface area is 202 Å². The summed E-state index contributed by atoms with van der Waals surface area (Å²) in [6, 6.07) is 20.4. The number of hydrogen-bond donors (Lipinski definition) is 2. The molecule has 2 bridgehead atoms. The lowest BCUT2D eigenvalue weighted by atomic mass is 9.82. The highest BCUT2D eigenvalue weighted by molar-refractivity contribution is 5.90. The van der Waals surface area contributed by atoms with Gasteiger partial charge in [-0.3, -0.25) is 14.5 Å². The topological polar surface area (TPSA) is 87.6 Å². The number of aliphatic carboxylic acids is 1. The van der Waals surface area contributed by atoms with Crippen LogP contribution in [0.15, 0.2) is 77.7 Å². The molecule has 178 valence electrons. The Morgan fingerprint density at radius 2 is 1.91 bits per heavy atom. The van der Waals surface area contributed by atoms with Crippen molar-refractivity contribution >= 4 is 16.9 Å². The van der Waals surface area contributed by atoms with E-state index >= 15 is 0 Å². The van der Waals surface area contributed by atoms with Gasteiger partial charge in [-0.15, -0.1) is 0 Å². The van der Waals surface area contributed by atoms with Gasteiger partial charge in [-0.25, -0.2) is 0 Å². The van der Waals surface area contributed by atoms with Crippen LogP contribution >= 0.6 is 0 Å². The number of aromatic nitrogens is 2. The van der Waals surface area contributed by atoms with Crippen LogP contribution in [0.25, 0.3) is 10.9 Å². The number of fused-ring (bicyclic) bond motifs is 5. The van der Waals surface area contributed by atoms with Crippen LogP contribution in [-0.2, 0) is 17.9 Å². The Hall–Kier alpha value is -3.84. The maximum Gasteiger partial charge on any atom is 0.325 e. The molecule has 6 rings (SSSR count). The van der Waals surface area contributed by atoms with Crippen LogP contribution < -0.4 is 10.3 Å². The van der Waals surface area contributed by atoms with E-state index in [-0.39, 0.29) is 17.4 Å². The first-order valence-electron chi connectivity index (χ1n) is 12.0. The number of H-pyrrole nitrogens is 1. The molecule has 4 heterocycles. The summed E-state index contributed by atoms with van der Waals surface area (Å²) in [6.07, 6.45) is 2.80. The third-order valence-electron chi connectivity index (χ3n) is 7.34. The molecule has 0 amide bonds. The maximum atomic E-state index is 12.6. The summed E-state index contributed by atoms with van der Waals surface area (Å²) >= 11 is 0. The molecule has 4 aromatic rings. The van der Waals surface area contributed by atoms with E-state index in [4.69, 9.17) is 4.74 Å². The average Bonchev–Trinajstić information content (AvgIpc) is 3.27. The SMILES string of the molecule is O=C(O)[C@H](c1c[nH]c2ccc(OCc3ccccc3)cc12)N1C[C@H]2C[C@H](C1)c1cccc(=O)n1C2. The third kappa shape index (κ3) is 4.02. The standard InChI is InChI=1S/C28H27N3O4/c32-26-8-4-7-25-20-11-19(15-31(25)26)14-30(16-20)27(28(33)34)23-13-29-24-10-9-21(12-22(23)24)35-17-18-5-2-1-3-6-18/h1-10,12-13,19-20,27,29H,11,14-17H2,(H,33,34)/t19-,20-,27+/m1/s1. The molecular weight excluding hydrogens is 442 g/mol. The summed E-state index contributed by atoms with van der Waals surface area (Å²) in [5, 5.41) is 11.2. The molecule has 2 aliphatic heterocycles. The number of nitrogens with zero attached hydrogens (tertiary/aromatic N) is 2. The number of piperidine rings is 1. The minimum Gasteiger partial charge on any atom is -0.489 e. The molecule has 2 aliphatic rings. The van der Waals surface area contributed by atoms with E-state index in [2.05, 4.69) is 9.88 Å². The van der Waals surface area contributed by atoms with Crippen molar-refractivity contribution in [2.45, 2.75) is 31.5 Å². The van der Waals surface area contributed by atoms with Crippen molar-refractivity contribution in [2.24, 2.45) is 5.92 Å². The Balaban J connectivity index is 1.30. The first-order chi connectivity index (χ1) is 17.1. The number of pyridine rings is 1. The molecule has 0 unspecified atom stereocenters. The van der Waals surface area contributed by atoms with Crippen molar-refractivity contribution in [3.8, 4) is 5.75 Å². The second-order valence-electron chi connectivity index (χ2n) is 9.62. The zero-order valence-corrected chi connectivity index (χ0v) is 19.3. The number of carboxylic acids is 1. The Kier molecular flexibility index (Phi) is 5.41. The zero-order chi connectivity index (χ0) is 23.9. The van der Waals surface area contributed by atoms with E-state index in [1.54, 1.807) is 12.1 Å². The second-order valence-corrected chi connectivity index (χ2v) is 9.62. The summed E-state index contributed by atoms with van der Waals surface area (Å²) in [4.78, 5) is 30.3. The van der Waals surface area contributed by atoms with Gasteiger partial charge in [0, 0.05) is 60.0 Å². The van der Waals surface area contributed by atoms with E-state index in [1.807, 2.05) is 65.4 Å². The number of benzene rings is 2. The highest BCUT2D eigenvalue weighted by Gasteiger charge is 2.40. The van der Waals surface area contributed by atoms with Gasteiger partial charge in [-0.1, -0.05) is 36.4 Å². The van der Waals surface area contributed by atoms with Crippen LogP contribution in [0.4, 0.5) is 0 Å². The van der Waals surface area contributed by atoms with Crippen LogP contribution in [0.3, 0.4) is 0 Å². The Morgan fingerprint density at radius 3 is 2.74 bits per heavy atom. The van der Waals surface area contributed by atoms with Gasteiger partial charge in [0.05, 0.1) is 0 Å². The number of carbonyl (C=O) groups is 1. The molecular formula is C28H27N3O4. The van der Waals surface area contributed by atoms with Gasteiger partial charge in [0.2, 0.25) is 0 Å². The molecule has 0 spiro atoms. The fraction of sp³-hybridized carbons (Fsp3) is 0.286. The molecule has 1 fully saturated rings. The van der Waals surface area contributed by atoms with Gasteiger partial charge in [-0.2, -0.15) is 0 Å². The summed E-state index contributed by atoms with van der Waals surface area (Å²) in [5.74, 6) is 0.230. The fourth-order valence-corrected chi connectivity index (χ4v) is 5.81. The highest BCUT2D eigenvalue weighted by Crippen LogP contribution is 2.40. The molecule has 7 nitrogen and oxygen atoms in total. The lowest BCUT2D eigenvalue weighted by Gasteiger charge is -2.44. The van der Waals surface area contributed by atoms with E-state index in [0.717, 1.165) is 34.1 Å². The van der Waals surface area contributed by atoms with E-state index in [9.17, 15) is 14.7 Å². The molecule has 7 heteroatoms. The first-order valence-corrected chi connectivity index (χ1v) is 12.0. The van der Waals surface area contributed by atoms with Gasteiger partial charge in [-0.05, 0) is 42.2 Å². The zero-order valence-electron chi connectivity index (χ0n) is 19.3. The van der Waals surface area contributed by atoms with Gasteiger partial charge in [0.25, 0.3) is 5.56 Å². The Bertz CT molecular complexity index is 1440. The number of likely N-dealkylation sites (tertiary alicyclic amines) is 1. The minimum atomic E-state index is -0.869. The number of aromatic amines is 1. The number of hydrogen-bond acceptors (Lipinski definition) is 4. The fourth-order valence-electron chi connectivity index (χ4n) is 5.81. The van der Waals surface area contributed by atoms with Crippen molar-refractivity contribution in [1.82, 2.24) is 14.5 Å². The van der Waals surface area contributed by atoms with E-state index in [0.29, 0.717) is 32.0 Å². The maximum absolute atomic E-state index is 12.6. The number of rotatable bonds is 6. The van der Waals surface area contributed by atoms with Gasteiger partial charge >= 0.3 is 5.97 Å². The normalized spacial score (nSPS) is 20.3. The Morgan fingerprint density at radius 1 is 1.06 bits per heavy atom. The van der Waals surface area contributed by atoms with Crippen LogP contribution in [-0.4, -0.2) is 38.6 Å². The monoisotopic (exact) mass is 469 g/mol. The summed E-state index contributed by atoms with van der Waals surface area (Å²) in [6.45, 7) is 2.33. The summed E-state index contributed by atoms with van der Waals surface area (Å²) < 4.78 is 7.88. The molecule has 0 aliphatic carbocycles. The number of carboxylic acid groups (broad SMARTS) is 1. The molecule has 3 atom stereocenters. The molecule has 0 saturated carbocycles. The molecule has 1 saturated heterocycles. The van der Waals surface area contributed by atoms with Crippen LogP contribution in [0, 0.1) is 5.92 Å². The lowest BCUT2D eigenvalue weighted by Crippen LogP contribution is -2.49. The van der Waals surface area contributed by atoms with Gasteiger partial charge in [0.1, 0.15) is 18.4 Å². The quantitative estimate of drug-likeness (QED) is 0.443. The lowest BCUT2D eigenvalue weighted by molar-refractivity contribution is -0.144.